The second-order valence-electron chi connectivity index (χ2n) is 3.79. The molecule has 0 aromatic carbocycles. The highest BCUT2D eigenvalue weighted by atomic mass is 32.1. The van der Waals surface area contributed by atoms with Crippen LogP contribution < -0.4 is 10.1 Å². The Labute approximate surface area is 91.9 Å². The first-order chi connectivity index (χ1) is 7.34. The molecule has 1 fully saturated rings. The number of imidazole rings is 1. The molecule has 3 heterocycles. The first-order valence-electron chi connectivity index (χ1n) is 5.14. The van der Waals surface area contributed by atoms with Crippen molar-refractivity contribution in [2.24, 2.45) is 0 Å². The molecule has 5 heteroatoms. The van der Waals surface area contributed by atoms with Crippen molar-refractivity contribution < 1.29 is 4.74 Å². The van der Waals surface area contributed by atoms with E-state index in [0.717, 1.165) is 36.0 Å². The molecule has 1 aliphatic heterocycles. The average molecular weight is 223 g/mol. The molecule has 3 rings (SSSR count). The molecule has 80 valence electrons. The largest absolute Gasteiger partial charge is 0.473 e. The lowest BCUT2D eigenvalue weighted by molar-refractivity contribution is 0.210. The molecule has 1 saturated heterocycles. The van der Waals surface area contributed by atoms with Crippen molar-refractivity contribution in [3.8, 4) is 5.88 Å². The Morgan fingerprint density at radius 2 is 2.60 bits per heavy atom. The Balaban J connectivity index is 1.94. The third-order valence-electron chi connectivity index (χ3n) is 2.67. The molecule has 2 aromatic rings. The second-order valence-corrected chi connectivity index (χ2v) is 4.66. The smallest absolute Gasteiger partial charge is 0.222 e. The van der Waals surface area contributed by atoms with Crippen molar-refractivity contribution in [2.45, 2.75) is 19.4 Å². The van der Waals surface area contributed by atoms with E-state index in [-0.39, 0.29) is 0 Å². The molecule has 1 aliphatic rings. The molecular formula is C10H13N3OS. The predicted molar refractivity (Wildman–Crippen MR) is 59.7 cm³/mol. The lowest BCUT2D eigenvalue weighted by Crippen LogP contribution is -2.20. The van der Waals surface area contributed by atoms with Crippen LogP contribution in [-0.2, 0) is 0 Å². The van der Waals surface area contributed by atoms with Crippen molar-refractivity contribution in [1.29, 1.82) is 0 Å². The van der Waals surface area contributed by atoms with Gasteiger partial charge in [0.25, 0.3) is 0 Å². The van der Waals surface area contributed by atoms with Crippen molar-refractivity contribution >= 4 is 16.3 Å². The molecule has 0 bridgehead atoms. The minimum absolute atomic E-state index is 0.295. The number of aromatic nitrogens is 2. The van der Waals surface area contributed by atoms with E-state index in [1.165, 1.54) is 0 Å². The molecule has 0 saturated carbocycles. The molecule has 0 aliphatic carbocycles. The fourth-order valence-electron chi connectivity index (χ4n) is 1.90. The van der Waals surface area contributed by atoms with Crippen LogP contribution >= 0.6 is 11.3 Å². The van der Waals surface area contributed by atoms with Crippen LogP contribution in [0.1, 0.15) is 12.1 Å². The van der Waals surface area contributed by atoms with Gasteiger partial charge in [-0.15, -0.1) is 11.3 Å². The first-order valence-corrected chi connectivity index (χ1v) is 6.02. The van der Waals surface area contributed by atoms with Crippen LogP contribution in [0.3, 0.4) is 0 Å². The quantitative estimate of drug-likeness (QED) is 0.837. The number of fused-ring (bicyclic) bond motifs is 1. The number of thiazole rings is 1. The Morgan fingerprint density at radius 1 is 1.67 bits per heavy atom. The summed E-state index contributed by atoms with van der Waals surface area (Å²) < 4.78 is 7.99. The maximum atomic E-state index is 5.96. The van der Waals surface area contributed by atoms with Gasteiger partial charge in [-0.1, -0.05) is 0 Å². The number of aryl methyl sites for hydroxylation is 1. The monoisotopic (exact) mass is 223 g/mol. The minimum atomic E-state index is 0.295. The van der Waals surface area contributed by atoms with E-state index in [9.17, 15) is 0 Å². The number of nitrogens with zero attached hydrogens (tertiary/aromatic N) is 2. The fourth-order valence-corrected chi connectivity index (χ4v) is 2.65. The van der Waals surface area contributed by atoms with Crippen LogP contribution in [0.2, 0.25) is 0 Å². The van der Waals surface area contributed by atoms with E-state index >= 15 is 0 Å². The molecule has 0 radical (unpaired) electrons. The molecule has 15 heavy (non-hydrogen) atoms. The molecular weight excluding hydrogens is 210 g/mol. The van der Waals surface area contributed by atoms with Gasteiger partial charge in [0.05, 0.1) is 0 Å². The fraction of sp³-hybridized carbons (Fsp3) is 0.500. The number of hydrogen-bond acceptors (Lipinski definition) is 4. The lowest BCUT2D eigenvalue weighted by Gasteiger charge is -2.11. The Morgan fingerprint density at radius 3 is 3.40 bits per heavy atom. The van der Waals surface area contributed by atoms with Crippen molar-refractivity contribution in [3.63, 3.8) is 0 Å². The van der Waals surface area contributed by atoms with Gasteiger partial charge in [0.1, 0.15) is 11.8 Å². The average Bonchev–Trinajstić information content (AvgIpc) is 2.86. The third-order valence-corrected chi connectivity index (χ3v) is 3.43. The van der Waals surface area contributed by atoms with Crippen LogP contribution in [-0.4, -0.2) is 28.6 Å². The summed E-state index contributed by atoms with van der Waals surface area (Å²) >= 11 is 1.64. The van der Waals surface area contributed by atoms with Crippen LogP contribution in [0.25, 0.3) is 4.96 Å². The maximum absolute atomic E-state index is 5.96. The number of ether oxygens (including phenoxy) is 1. The number of rotatable bonds is 2. The standard InChI is InChI=1S/C10H13N3OS/c1-7-9(14-8-2-3-11-6-8)13-4-5-15-10(13)12-7/h4-5,8,11H,2-3,6H2,1H3. The summed E-state index contributed by atoms with van der Waals surface area (Å²) in [5.41, 5.74) is 0.980. The highest BCUT2D eigenvalue weighted by molar-refractivity contribution is 7.15. The van der Waals surface area contributed by atoms with Gasteiger partial charge in [0.15, 0.2) is 4.96 Å². The predicted octanol–water partition coefficient (Wildman–Crippen LogP) is 1.44. The zero-order valence-corrected chi connectivity index (χ0v) is 9.38. The molecule has 1 N–H and O–H groups in total. The van der Waals surface area contributed by atoms with E-state index in [2.05, 4.69) is 10.3 Å². The van der Waals surface area contributed by atoms with E-state index in [4.69, 9.17) is 4.74 Å². The summed E-state index contributed by atoms with van der Waals surface area (Å²) in [6.07, 6.45) is 3.39. The van der Waals surface area contributed by atoms with E-state index in [1.807, 2.05) is 22.9 Å². The summed E-state index contributed by atoms with van der Waals surface area (Å²) in [6.45, 7) is 3.99. The Bertz CT molecular complexity index is 470. The van der Waals surface area contributed by atoms with Gasteiger partial charge in [-0.05, 0) is 19.9 Å². The summed E-state index contributed by atoms with van der Waals surface area (Å²) in [4.78, 5) is 5.46. The summed E-state index contributed by atoms with van der Waals surface area (Å²) in [5.74, 6) is 0.903. The number of nitrogens with one attached hydrogen (secondary N) is 1. The summed E-state index contributed by atoms with van der Waals surface area (Å²) in [7, 11) is 0. The van der Waals surface area contributed by atoms with E-state index in [0.29, 0.717) is 6.10 Å². The van der Waals surface area contributed by atoms with Gasteiger partial charge in [-0.25, -0.2) is 4.98 Å². The van der Waals surface area contributed by atoms with Crippen molar-refractivity contribution in [3.05, 3.63) is 17.3 Å². The van der Waals surface area contributed by atoms with Gasteiger partial charge < -0.3 is 10.1 Å². The first kappa shape index (κ1) is 9.18. The number of hydrogen-bond donors (Lipinski definition) is 1. The van der Waals surface area contributed by atoms with Gasteiger partial charge >= 0.3 is 0 Å². The van der Waals surface area contributed by atoms with E-state index < -0.39 is 0 Å². The molecule has 0 amide bonds. The van der Waals surface area contributed by atoms with Crippen molar-refractivity contribution in [1.82, 2.24) is 14.7 Å². The summed E-state index contributed by atoms with van der Waals surface area (Å²) in [6, 6.07) is 0. The Kier molecular flexibility index (Phi) is 2.14. The molecule has 4 nitrogen and oxygen atoms in total. The summed E-state index contributed by atoms with van der Waals surface area (Å²) in [5, 5.41) is 5.32. The maximum Gasteiger partial charge on any atom is 0.222 e. The van der Waals surface area contributed by atoms with Gasteiger partial charge in [-0.2, -0.15) is 0 Å². The zero-order chi connectivity index (χ0) is 10.3. The highest BCUT2D eigenvalue weighted by Crippen LogP contribution is 2.25. The normalized spacial score (nSPS) is 21.3. The molecule has 1 unspecified atom stereocenters. The Hall–Kier alpha value is -1.07. The minimum Gasteiger partial charge on any atom is -0.473 e. The molecule has 1 atom stereocenters. The molecule has 0 spiro atoms. The zero-order valence-electron chi connectivity index (χ0n) is 8.56. The van der Waals surface area contributed by atoms with Crippen molar-refractivity contribution in [2.75, 3.05) is 13.1 Å². The van der Waals surface area contributed by atoms with Crippen LogP contribution in [0.5, 0.6) is 5.88 Å². The third kappa shape index (κ3) is 1.52. The van der Waals surface area contributed by atoms with Gasteiger partial charge in [0.2, 0.25) is 5.88 Å². The topological polar surface area (TPSA) is 38.6 Å². The lowest BCUT2D eigenvalue weighted by atomic mass is 10.3. The molecule has 2 aromatic heterocycles. The second kappa shape index (κ2) is 3.50. The highest BCUT2D eigenvalue weighted by Gasteiger charge is 2.19. The van der Waals surface area contributed by atoms with Gasteiger partial charge in [-0.3, -0.25) is 4.40 Å². The SMILES string of the molecule is Cc1nc2sccn2c1OC1CCNC1. The van der Waals surface area contributed by atoms with Gasteiger partial charge in [0, 0.05) is 18.1 Å². The van der Waals surface area contributed by atoms with Crippen LogP contribution in [0.4, 0.5) is 0 Å². The van der Waals surface area contributed by atoms with Crippen LogP contribution in [0.15, 0.2) is 11.6 Å². The van der Waals surface area contributed by atoms with E-state index in [1.54, 1.807) is 11.3 Å². The van der Waals surface area contributed by atoms with Crippen LogP contribution in [0, 0.1) is 6.92 Å².